The molecule has 4 aliphatic heterocycles. The molecule has 5 N–H and O–H groups in total. The van der Waals surface area contributed by atoms with Crippen LogP contribution in [0.4, 0.5) is 0 Å². The van der Waals surface area contributed by atoms with Gasteiger partial charge in [0.05, 0.1) is 44.0 Å². The number of β-amino-alcohol motifs (C(OH)–C–C–N with tert-alkyl or cyclic N) is 1. The molecule has 2 saturated carbocycles. The quantitative estimate of drug-likeness (QED) is 0.204. The van der Waals surface area contributed by atoms with Gasteiger partial charge in [-0.3, -0.25) is 30.4 Å². The molecule has 262 valence electrons. The van der Waals surface area contributed by atoms with Gasteiger partial charge in [-0.2, -0.15) is 0 Å². The van der Waals surface area contributed by atoms with Crippen molar-refractivity contribution < 1.29 is 24.2 Å². The van der Waals surface area contributed by atoms with Gasteiger partial charge in [0.25, 0.3) is 0 Å². The van der Waals surface area contributed by atoms with Crippen LogP contribution < -0.4 is 21.3 Å². The topological polar surface area (TPSA) is 131 Å². The standard InChI is InChI=1S/C34H61N7O5/c1-23(2)34(44)41-12-10-40(11-13-41)32-16-26(15-31(38-32)37-27-4-3-5-27)33(43)36-17-28(42)20-39-9-8-24-14-29(7-6-25(24)19-39)45-21-30-18-35-22-46-30/h23-32,35,37-38,42H,3-22H2,1-2H3,(H,36,43)/t24?,25?,26?,28-,29?,30?,31?,32?/m0/s1. The lowest BCUT2D eigenvalue weighted by molar-refractivity contribution is -0.137. The summed E-state index contributed by atoms with van der Waals surface area (Å²) >= 11 is 0. The third-order valence-electron chi connectivity index (χ3n) is 11.6. The number of carbonyl (C=O) groups excluding carboxylic acids is 2. The lowest BCUT2D eigenvalue weighted by atomic mass is 9.74. The number of likely N-dealkylation sites (tertiary alicyclic amines) is 1. The van der Waals surface area contributed by atoms with E-state index in [0.29, 0.717) is 50.4 Å². The second-order valence-electron chi connectivity index (χ2n) is 15.3. The molecule has 4 heterocycles. The Morgan fingerprint density at radius 2 is 1.83 bits per heavy atom. The van der Waals surface area contributed by atoms with Crippen molar-refractivity contribution in [1.82, 2.24) is 36.0 Å². The Morgan fingerprint density at radius 1 is 1.00 bits per heavy atom. The molecule has 0 radical (unpaired) electrons. The van der Waals surface area contributed by atoms with Crippen LogP contribution >= 0.6 is 0 Å². The zero-order valence-electron chi connectivity index (χ0n) is 28.3. The highest BCUT2D eigenvalue weighted by Crippen LogP contribution is 2.37. The van der Waals surface area contributed by atoms with E-state index in [4.69, 9.17) is 9.47 Å². The van der Waals surface area contributed by atoms with Crippen LogP contribution in [-0.4, -0.2) is 141 Å². The fraction of sp³-hybridized carbons (Fsp3) is 0.941. The molecule has 0 aromatic carbocycles. The molecule has 2 amide bonds. The highest BCUT2D eigenvalue weighted by Gasteiger charge is 2.39. The summed E-state index contributed by atoms with van der Waals surface area (Å²) in [5, 5.41) is 24.9. The fourth-order valence-corrected chi connectivity index (χ4v) is 8.58. The molecule has 6 rings (SSSR count). The molecule has 2 aliphatic carbocycles. The van der Waals surface area contributed by atoms with Crippen molar-refractivity contribution in [3.05, 3.63) is 0 Å². The first-order valence-corrected chi connectivity index (χ1v) is 18.5. The van der Waals surface area contributed by atoms with Gasteiger partial charge in [-0.05, 0) is 69.7 Å². The first-order valence-electron chi connectivity index (χ1n) is 18.5. The summed E-state index contributed by atoms with van der Waals surface area (Å²) in [6, 6.07) is 0.526. The van der Waals surface area contributed by atoms with Crippen molar-refractivity contribution in [2.45, 2.75) is 108 Å². The van der Waals surface area contributed by atoms with Crippen LogP contribution in [-0.2, 0) is 19.1 Å². The Balaban J connectivity index is 0.929. The largest absolute Gasteiger partial charge is 0.390 e. The summed E-state index contributed by atoms with van der Waals surface area (Å²) < 4.78 is 11.9. The predicted octanol–water partition coefficient (Wildman–Crippen LogP) is 0.511. The Hall–Kier alpha value is -1.38. The molecule has 8 atom stereocenters. The summed E-state index contributed by atoms with van der Waals surface area (Å²) in [6.07, 6.45) is 9.87. The molecule has 0 aromatic rings. The summed E-state index contributed by atoms with van der Waals surface area (Å²) in [5.41, 5.74) is 0. The molecular formula is C34H61N7O5. The van der Waals surface area contributed by atoms with Crippen molar-refractivity contribution in [3.8, 4) is 0 Å². The monoisotopic (exact) mass is 647 g/mol. The smallest absolute Gasteiger partial charge is 0.225 e. The third kappa shape index (κ3) is 9.19. The summed E-state index contributed by atoms with van der Waals surface area (Å²) in [5.74, 6) is 1.54. The normalized spacial score (nSPS) is 35.5. The number of piperidine rings is 2. The summed E-state index contributed by atoms with van der Waals surface area (Å²) in [4.78, 5) is 32.8. The van der Waals surface area contributed by atoms with Crippen molar-refractivity contribution in [2.75, 3.05) is 72.2 Å². The number of aliphatic hydroxyl groups excluding tert-OH is 1. The zero-order valence-corrected chi connectivity index (χ0v) is 28.3. The van der Waals surface area contributed by atoms with Gasteiger partial charge >= 0.3 is 0 Å². The summed E-state index contributed by atoms with van der Waals surface area (Å²) in [6.45, 7) is 12.2. The van der Waals surface area contributed by atoms with E-state index in [-0.39, 0.29) is 42.1 Å². The number of nitrogens with zero attached hydrogens (tertiary/aromatic N) is 3. The number of carbonyl (C=O) groups is 2. The van der Waals surface area contributed by atoms with Crippen LogP contribution in [0.2, 0.25) is 0 Å². The number of fused-ring (bicyclic) bond motifs is 1. The van der Waals surface area contributed by atoms with Crippen molar-refractivity contribution >= 4 is 11.8 Å². The van der Waals surface area contributed by atoms with Crippen LogP contribution in [0.15, 0.2) is 0 Å². The minimum Gasteiger partial charge on any atom is -0.390 e. The zero-order chi connectivity index (χ0) is 32.0. The highest BCUT2D eigenvalue weighted by molar-refractivity contribution is 5.79. The molecular weight excluding hydrogens is 586 g/mol. The van der Waals surface area contributed by atoms with Gasteiger partial charge in [-0.25, -0.2) is 0 Å². The molecule has 46 heavy (non-hydrogen) atoms. The van der Waals surface area contributed by atoms with E-state index in [1.54, 1.807) is 0 Å². The number of hydrogen-bond acceptors (Lipinski definition) is 10. The molecule has 12 nitrogen and oxygen atoms in total. The van der Waals surface area contributed by atoms with E-state index in [1.807, 2.05) is 18.7 Å². The highest BCUT2D eigenvalue weighted by atomic mass is 16.5. The second-order valence-corrected chi connectivity index (χ2v) is 15.3. The minimum atomic E-state index is -0.576. The van der Waals surface area contributed by atoms with Gasteiger partial charge in [0.2, 0.25) is 11.8 Å². The van der Waals surface area contributed by atoms with Crippen LogP contribution in [0.1, 0.15) is 71.6 Å². The molecule has 12 heteroatoms. The van der Waals surface area contributed by atoms with E-state index in [1.165, 1.54) is 25.7 Å². The Morgan fingerprint density at radius 3 is 2.54 bits per heavy atom. The first kappa shape index (κ1) is 34.5. The van der Waals surface area contributed by atoms with Gasteiger partial charge < -0.3 is 29.7 Å². The Bertz CT molecular complexity index is 987. The lowest BCUT2D eigenvalue weighted by Gasteiger charge is -2.46. The van der Waals surface area contributed by atoms with Crippen molar-refractivity contribution in [3.63, 3.8) is 0 Å². The second kappa shape index (κ2) is 16.3. The third-order valence-corrected chi connectivity index (χ3v) is 11.6. The van der Waals surface area contributed by atoms with Crippen LogP contribution in [0.5, 0.6) is 0 Å². The van der Waals surface area contributed by atoms with Gasteiger partial charge in [0.1, 0.15) is 0 Å². The molecule has 6 fully saturated rings. The Labute approximate surface area is 276 Å². The van der Waals surface area contributed by atoms with Crippen LogP contribution in [0.25, 0.3) is 0 Å². The van der Waals surface area contributed by atoms with Gasteiger partial charge in [-0.1, -0.05) is 20.3 Å². The number of rotatable bonds is 12. The molecule has 0 bridgehead atoms. The van der Waals surface area contributed by atoms with E-state index >= 15 is 0 Å². The van der Waals surface area contributed by atoms with E-state index < -0.39 is 6.10 Å². The van der Waals surface area contributed by atoms with Gasteiger partial charge in [-0.15, -0.1) is 0 Å². The maximum absolute atomic E-state index is 13.5. The fourth-order valence-electron chi connectivity index (χ4n) is 8.58. The average molecular weight is 648 g/mol. The van der Waals surface area contributed by atoms with Gasteiger partial charge in [0.15, 0.2) is 0 Å². The van der Waals surface area contributed by atoms with E-state index in [9.17, 15) is 14.7 Å². The number of hydrogen-bond donors (Lipinski definition) is 5. The maximum Gasteiger partial charge on any atom is 0.225 e. The number of nitrogens with one attached hydrogen (secondary N) is 4. The number of piperazine rings is 1. The molecule has 7 unspecified atom stereocenters. The average Bonchev–Trinajstić information content (AvgIpc) is 3.58. The number of amides is 2. The van der Waals surface area contributed by atoms with Crippen molar-refractivity contribution in [2.24, 2.45) is 23.7 Å². The molecule has 4 saturated heterocycles. The maximum atomic E-state index is 13.5. The Kier molecular flexibility index (Phi) is 12.3. The van der Waals surface area contributed by atoms with Gasteiger partial charge in [0, 0.05) is 70.2 Å². The first-order chi connectivity index (χ1) is 22.3. The molecule has 6 aliphatic rings. The predicted molar refractivity (Wildman–Crippen MR) is 176 cm³/mol. The SMILES string of the molecule is CC(C)C(=O)N1CCN(C2CC(C(=O)NC[C@H](O)CN3CCC4CC(OCC5CNCO5)CCC4C3)CC(NC3CCC3)N2)CC1. The number of ether oxygens (including phenoxy) is 2. The minimum absolute atomic E-state index is 0.0195. The number of aliphatic hydroxyl groups is 1. The van der Waals surface area contributed by atoms with E-state index in [0.717, 1.165) is 77.9 Å². The molecule has 0 spiro atoms. The van der Waals surface area contributed by atoms with Crippen molar-refractivity contribution in [1.29, 1.82) is 0 Å². The molecule has 0 aromatic heterocycles. The van der Waals surface area contributed by atoms with E-state index in [2.05, 4.69) is 31.1 Å². The summed E-state index contributed by atoms with van der Waals surface area (Å²) in [7, 11) is 0. The van der Waals surface area contributed by atoms with Crippen LogP contribution in [0, 0.1) is 23.7 Å². The van der Waals surface area contributed by atoms with Crippen LogP contribution in [0.3, 0.4) is 0 Å². The lowest BCUT2D eigenvalue weighted by Crippen LogP contribution is -2.65.